The minimum absolute atomic E-state index is 0. The Kier molecular flexibility index (Phi) is 8.02. The second-order valence-corrected chi connectivity index (χ2v) is 8.30. The van der Waals surface area contributed by atoms with E-state index in [4.69, 9.17) is 0 Å². The third-order valence-electron chi connectivity index (χ3n) is 2.06. The van der Waals surface area contributed by atoms with Gasteiger partial charge in [0, 0.05) is 15.9 Å². The predicted molar refractivity (Wildman–Crippen MR) is 68.9 cm³/mol. The Hall–Kier alpha value is -0.373. The van der Waals surface area contributed by atoms with Crippen molar-refractivity contribution in [3.8, 4) is 0 Å². The summed E-state index contributed by atoms with van der Waals surface area (Å²) < 4.78 is 0. The second kappa shape index (κ2) is 6.99. The molecule has 0 aromatic heterocycles. The lowest BCUT2D eigenvalue weighted by Gasteiger charge is -2.16. The molecule has 0 unspecified atom stereocenters. The normalized spacial score (nSPS) is 11.4. The van der Waals surface area contributed by atoms with Gasteiger partial charge in [-0.2, -0.15) is 0 Å². The minimum Gasteiger partial charge on any atom is -0.295 e. The van der Waals surface area contributed by atoms with E-state index in [0.29, 0.717) is 17.0 Å². The molecule has 0 aliphatic rings. The van der Waals surface area contributed by atoms with Gasteiger partial charge in [-0.25, -0.2) is 0 Å². The number of carbonyl (C=O) groups is 1. The highest BCUT2D eigenvalue weighted by atomic mass is 28.2. The van der Waals surface area contributed by atoms with Crippen LogP contribution in [0.3, 0.4) is 0 Å². The molecule has 0 saturated carbocycles. The Balaban J connectivity index is 0. The van der Waals surface area contributed by atoms with Crippen molar-refractivity contribution in [3.05, 3.63) is 12.2 Å². The Morgan fingerprint density at radius 1 is 1.36 bits per heavy atom. The fraction of sp³-hybridized carbons (Fsp3) is 0.750. The van der Waals surface area contributed by atoms with Crippen molar-refractivity contribution in [2.24, 2.45) is 0 Å². The van der Waals surface area contributed by atoms with E-state index in [1.807, 2.05) is 0 Å². The summed E-state index contributed by atoms with van der Waals surface area (Å²) in [5.74, 6) is 0.239. The number of allylic oxidation sites excluding steroid dienone is 1. The summed E-state index contributed by atoms with van der Waals surface area (Å²) in [5, 5.41) is 0.534. The minimum atomic E-state index is 0. The van der Waals surface area contributed by atoms with Crippen LogP contribution in [0, 0.1) is 0 Å². The van der Waals surface area contributed by atoms with Crippen molar-refractivity contribution in [1.29, 1.82) is 0 Å². The van der Waals surface area contributed by atoms with E-state index in [1.165, 1.54) is 6.04 Å². The van der Waals surface area contributed by atoms with Crippen LogP contribution in [-0.2, 0) is 4.79 Å². The van der Waals surface area contributed by atoms with Crippen LogP contribution in [0.1, 0.15) is 48.0 Å². The van der Waals surface area contributed by atoms with E-state index >= 15 is 0 Å². The zero-order chi connectivity index (χ0) is 10.5. The Labute approximate surface area is 91.8 Å². The lowest BCUT2D eigenvalue weighted by atomic mass is 10.1. The highest BCUT2D eigenvalue weighted by Gasteiger charge is 2.10. The number of hydrogen-bond donors (Lipinski definition) is 0. The van der Waals surface area contributed by atoms with Crippen LogP contribution in [0.25, 0.3) is 0 Å². The van der Waals surface area contributed by atoms with E-state index < -0.39 is 0 Å². The van der Waals surface area contributed by atoms with Crippen LogP contribution < -0.4 is 0 Å². The van der Waals surface area contributed by atoms with E-state index in [2.05, 4.69) is 27.4 Å². The number of carbonyl (C=O) groups excluding carboxylic acids is 1. The molecule has 0 amide bonds. The zero-order valence-corrected chi connectivity index (χ0v) is 10.9. The first kappa shape index (κ1) is 16.1. The van der Waals surface area contributed by atoms with Gasteiger partial charge in [0.1, 0.15) is 0 Å². The number of Topliss-reactive ketones (excluding diaryl/α,β-unsaturated/α-hetero) is 1. The van der Waals surface area contributed by atoms with Crippen LogP contribution in [0.2, 0.25) is 11.1 Å². The molecule has 0 N–H and O–H groups in total. The molecule has 0 heterocycles. The molecule has 2 heteroatoms. The third-order valence-corrected chi connectivity index (χ3v) is 4.41. The molecule has 0 radical (unpaired) electrons. The maximum absolute atomic E-state index is 11.2. The van der Waals surface area contributed by atoms with Crippen molar-refractivity contribution in [1.82, 2.24) is 0 Å². The molecule has 0 saturated heterocycles. The Bertz CT molecular complexity index is 189. The molecule has 0 fully saturated rings. The number of rotatable bonds is 5. The summed E-state index contributed by atoms with van der Waals surface area (Å²) in [7, 11) is 0.000212. The Morgan fingerprint density at radius 2 is 1.86 bits per heavy atom. The highest BCUT2D eigenvalue weighted by Crippen LogP contribution is 2.22. The molecule has 0 rings (SSSR count). The molecule has 0 aliphatic heterocycles. The smallest absolute Gasteiger partial charge is 0.157 e. The van der Waals surface area contributed by atoms with Crippen molar-refractivity contribution in [2.45, 2.75) is 59.0 Å². The molecule has 84 valence electrons. The highest BCUT2D eigenvalue weighted by molar-refractivity contribution is 6.39. The first-order valence-electron chi connectivity index (χ1n) is 5.01. The first-order valence-corrected chi connectivity index (χ1v) is 6.72. The fourth-order valence-electron chi connectivity index (χ4n) is 1.15. The summed E-state index contributed by atoms with van der Waals surface area (Å²) >= 11 is 0. The van der Waals surface area contributed by atoms with Crippen LogP contribution in [0.15, 0.2) is 12.2 Å². The van der Waals surface area contributed by atoms with Crippen LogP contribution in [0.5, 0.6) is 0 Å². The van der Waals surface area contributed by atoms with Gasteiger partial charge in [-0.3, -0.25) is 4.79 Å². The molecule has 0 aromatic rings. The molecule has 0 spiro atoms. The monoisotopic (exact) mass is 214 g/mol. The van der Waals surface area contributed by atoms with Crippen molar-refractivity contribution < 1.29 is 4.79 Å². The summed E-state index contributed by atoms with van der Waals surface area (Å²) in [6.07, 6.45) is 1.77. The molecular formula is C12H26OSi. The van der Waals surface area contributed by atoms with Gasteiger partial charge in [-0.15, -0.1) is 0 Å². The van der Waals surface area contributed by atoms with Gasteiger partial charge < -0.3 is 0 Å². The quantitative estimate of drug-likeness (QED) is 0.390. The summed E-state index contributed by atoms with van der Waals surface area (Å²) in [5.41, 5.74) is 0.706. The van der Waals surface area contributed by atoms with E-state index in [9.17, 15) is 4.79 Å². The van der Waals surface area contributed by atoms with Gasteiger partial charge in [-0.05, 0) is 24.0 Å². The van der Waals surface area contributed by atoms with Crippen LogP contribution in [0.4, 0.5) is 0 Å². The molecule has 1 nitrogen and oxygen atoms in total. The molecule has 0 aliphatic carbocycles. The average molecular weight is 214 g/mol. The maximum atomic E-state index is 11.2. The van der Waals surface area contributed by atoms with E-state index in [0.717, 1.165) is 6.42 Å². The molecule has 0 atom stereocenters. The zero-order valence-electron chi connectivity index (χ0n) is 9.44. The lowest BCUT2D eigenvalue weighted by Crippen LogP contribution is -2.08. The molecule has 0 bridgehead atoms. The first-order chi connectivity index (χ1) is 5.83. The van der Waals surface area contributed by atoms with Crippen LogP contribution in [-0.4, -0.2) is 15.3 Å². The maximum Gasteiger partial charge on any atom is 0.157 e. The van der Waals surface area contributed by atoms with Crippen molar-refractivity contribution in [3.63, 3.8) is 0 Å². The second-order valence-electron chi connectivity index (χ2n) is 4.97. The topological polar surface area (TPSA) is 17.1 Å². The summed E-state index contributed by atoms with van der Waals surface area (Å²) in [4.78, 5) is 11.2. The summed E-state index contributed by atoms with van der Waals surface area (Å²) in [6.45, 7) is 12.3. The standard InChI is InChI=1S/C11H22OSi.CH4/c1-9(2)10(12)7-6-8-13-11(3,4)5;/h1,6-8,13H2,2-5H3;1H4. The van der Waals surface area contributed by atoms with Gasteiger partial charge in [0.05, 0.1) is 0 Å². The molecule has 14 heavy (non-hydrogen) atoms. The number of ketones is 1. The van der Waals surface area contributed by atoms with Crippen molar-refractivity contribution >= 4 is 15.3 Å². The van der Waals surface area contributed by atoms with Gasteiger partial charge in [0.2, 0.25) is 0 Å². The van der Waals surface area contributed by atoms with Crippen molar-refractivity contribution in [2.75, 3.05) is 0 Å². The molecular weight excluding hydrogens is 188 g/mol. The van der Waals surface area contributed by atoms with Gasteiger partial charge in [-0.1, -0.05) is 40.8 Å². The predicted octanol–water partition coefficient (Wildman–Crippen LogP) is 3.35. The largest absolute Gasteiger partial charge is 0.295 e. The molecule has 0 aromatic carbocycles. The lowest BCUT2D eigenvalue weighted by molar-refractivity contribution is -0.115. The third kappa shape index (κ3) is 9.71. The fourth-order valence-corrected chi connectivity index (χ4v) is 2.71. The van der Waals surface area contributed by atoms with Gasteiger partial charge in [0.15, 0.2) is 5.78 Å². The Morgan fingerprint density at radius 3 is 2.21 bits per heavy atom. The number of hydrogen-bond acceptors (Lipinski definition) is 1. The average Bonchev–Trinajstić information content (AvgIpc) is 1.95. The SMILES string of the molecule is C.C=C(C)C(=O)CCC[SiH2]C(C)(C)C. The van der Waals surface area contributed by atoms with Gasteiger partial charge in [0.25, 0.3) is 0 Å². The van der Waals surface area contributed by atoms with E-state index in [-0.39, 0.29) is 22.7 Å². The summed E-state index contributed by atoms with van der Waals surface area (Å²) in [6, 6.07) is 1.28. The van der Waals surface area contributed by atoms with Crippen LogP contribution >= 0.6 is 0 Å². The van der Waals surface area contributed by atoms with Gasteiger partial charge >= 0.3 is 0 Å². The van der Waals surface area contributed by atoms with E-state index in [1.54, 1.807) is 6.92 Å².